The Morgan fingerprint density at radius 3 is 2.50 bits per heavy atom. The van der Waals surface area contributed by atoms with Crippen LogP contribution in [0.25, 0.3) is 10.9 Å². The molecule has 0 N–H and O–H groups in total. The first kappa shape index (κ1) is 19.1. The van der Waals surface area contributed by atoms with Crippen molar-refractivity contribution in [2.75, 3.05) is 37.3 Å². The summed E-state index contributed by atoms with van der Waals surface area (Å²) in [5, 5.41) is 0.761. The van der Waals surface area contributed by atoms with Crippen molar-refractivity contribution >= 4 is 32.5 Å². The van der Waals surface area contributed by atoms with Crippen molar-refractivity contribution in [3.8, 4) is 0 Å². The lowest BCUT2D eigenvalue weighted by atomic mass is 9.93. The molecule has 2 aromatic rings. The quantitative estimate of drug-likeness (QED) is 0.780. The van der Waals surface area contributed by atoms with E-state index in [2.05, 4.69) is 14.9 Å². The molecule has 1 amide bonds. The topological polar surface area (TPSA) is 83.5 Å². The molecular weight excluding hydrogens is 376 g/mol. The Hall–Kier alpha value is -2.22. The smallest absolute Gasteiger partial charge is 0.222 e. The summed E-state index contributed by atoms with van der Waals surface area (Å²) in [6, 6.07) is 4.99. The minimum atomic E-state index is -3.29. The van der Waals surface area contributed by atoms with E-state index in [0.717, 1.165) is 68.6 Å². The highest BCUT2D eigenvalue weighted by molar-refractivity contribution is 7.90. The number of likely N-dealkylation sites (tertiary alicyclic amines) is 1. The predicted octanol–water partition coefficient (Wildman–Crippen LogP) is 2.26. The molecule has 0 spiro atoms. The van der Waals surface area contributed by atoms with Gasteiger partial charge in [-0.1, -0.05) is 0 Å². The number of benzene rings is 1. The second-order valence-corrected chi connectivity index (χ2v) is 9.89. The summed E-state index contributed by atoms with van der Waals surface area (Å²) < 4.78 is 23.9. The lowest BCUT2D eigenvalue weighted by Gasteiger charge is -2.33. The van der Waals surface area contributed by atoms with Crippen molar-refractivity contribution in [2.45, 2.75) is 37.0 Å². The van der Waals surface area contributed by atoms with Gasteiger partial charge < -0.3 is 9.80 Å². The third kappa shape index (κ3) is 3.97. The highest BCUT2D eigenvalue weighted by Gasteiger charge is 2.26. The first-order chi connectivity index (χ1) is 13.4. The van der Waals surface area contributed by atoms with Gasteiger partial charge in [0.05, 0.1) is 10.4 Å². The van der Waals surface area contributed by atoms with Crippen LogP contribution in [-0.4, -0.2) is 61.6 Å². The molecule has 1 aromatic heterocycles. The van der Waals surface area contributed by atoms with Crippen molar-refractivity contribution in [3.05, 3.63) is 24.5 Å². The van der Waals surface area contributed by atoms with Crippen LogP contribution in [0.15, 0.2) is 29.4 Å². The average Bonchev–Trinajstić information content (AvgIpc) is 3.22. The highest BCUT2D eigenvalue weighted by Crippen LogP contribution is 2.30. The zero-order valence-corrected chi connectivity index (χ0v) is 17.0. The number of fused-ring (bicyclic) bond motifs is 1. The van der Waals surface area contributed by atoms with Crippen LogP contribution in [-0.2, 0) is 14.6 Å². The first-order valence-corrected chi connectivity index (χ1v) is 11.8. The monoisotopic (exact) mass is 402 g/mol. The van der Waals surface area contributed by atoms with Crippen LogP contribution in [0.2, 0.25) is 0 Å². The summed E-state index contributed by atoms with van der Waals surface area (Å²) in [6.45, 7) is 3.45. The van der Waals surface area contributed by atoms with E-state index in [9.17, 15) is 13.2 Å². The van der Waals surface area contributed by atoms with Crippen LogP contribution in [0.1, 0.15) is 32.1 Å². The van der Waals surface area contributed by atoms with E-state index in [1.54, 1.807) is 18.2 Å². The number of amides is 1. The number of aromatic nitrogens is 2. The number of piperidine rings is 1. The summed E-state index contributed by atoms with van der Waals surface area (Å²) in [4.78, 5) is 25.6. The Kier molecular flexibility index (Phi) is 5.23. The number of carbonyl (C=O) groups is 1. The molecule has 0 aliphatic carbocycles. The summed E-state index contributed by atoms with van der Waals surface area (Å²) >= 11 is 0. The van der Waals surface area contributed by atoms with E-state index >= 15 is 0 Å². The fourth-order valence-corrected chi connectivity index (χ4v) is 4.84. The van der Waals surface area contributed by atoms with E-state index in [0.29, 0.717) is 18.2 Å². The molecule has 2 saturated heterocycles. The van der Waals surface area contributed by atoms with Crippen LogP contribution < -0.4 is 4.90 Å². The zero-order valence-electron chi connectivity index (χ0n) is 16.2. The maximum absolute atomic E-state index is 12.4. The number of sulfone groups is 1. The minimum Gasteiger partial charge on any atom is -0.356 e. The van der Waals surface area contributed by atoms with Crippen LogP contribution in [0.5, 0.6) is 0 Å². The van der Waals surface area contributed by atoms with Crippen molar-refractivity contribution in [1.29, 1.82) is 0 Å². The Morgan fingerprint density at radius 2 is 1.82 bits per heavy atom. The summed E-state index contributed by atoms with van der Waals surface area (Å²) in [7, 11) is -3.29. The largest absolute Gasteiger partial charge is 0.356 e. The summed E-state index contributed by atoms with van der Waals surface area (Å²) in [5.74, 6) is 1.48. The van der Waals surface area contributed by atoms with Gasteiger partial charge in [0.15, 0.2) is 9.84 Å². The van der Waals surface area contributed by atoms with Crippen LogP contribution in [0.3, 0.4) is 0 Å². The number of hydrogen-bond acceptors (Lipinski definition) is 6. The van der Waals surface area contributed by atoms with Crippen LogP contribution in [0, 0.1) is 5.92 Å². The van der Waals surface area contributed by atoms with E-state index in [1.807, 2.05) is 4.90 Å². The third-order valence-electron chi connectivity index (χ3n) is 5.85. The highest BCUT2D eigenvalue weighted by atomic mass is 32.2. The van der Waals surface area contributed by atoms with Crippen LogP contribution in [0.4, 0.5) is 5.82 Å². The van der Waals surface area contributed by atoms with Gasteiger partial charge in [-0.05, 0) is 49.8 Å². The van der Waals surface area contributed by atoms with Crippen molar-refractivity contribution in [1.82, 2.24) is 14.9 Å². The number of nitrogens with zero attached hydrogens (tertiary/aromatic N) is 4. The van der Waals surface area contributed by atoms with Gasteiger partial charge in [0.1, 0.15) is 12.1 Å². The number of rotatable bonds is 4. The maximum Gasteiger partial charge on any atom is 0.222 e. The van der Waals surface area contributed by atoms with Gasteiger partial charge in [-0.3, -0.25) is 4.79 Å². The van der Waals surface area contributed by atoms with Gasteiger partial charge in [0.2, 0.25) is 5.91 Å². The SMILES string of the molecule is CS(=O)(=O)c1ccc2ncnc(N3CCC(CC(=O)N4CCCC4)CC3)c2c1. The summed E-state index contributed by atoms with van der Waals surface area (Å²) in [6.07, 6.45) is 7.51. The number of anilines is 1. The maximum atomic E-state index is 12.4. The molecule has 28 heavy (non-hydrogen) atoms. The van der Waals surface area contributed by atoms with E-state index in [1.165, 1.54) is 12.6 Å². The third-order valence-corrected chi connectivity index (χ3v) is 6.96. The molecule has 1 aromatic carbocycles. The first-order valence-electron chi connectivity index (χ1n) is 9.89. The molecule has 8 heteroatoms. The Balaban J connectivity index is 1.48. The van der Waals surface area contributed by atoms with Crippen molar-refractivity contribution in [2.24, 2.45) is 5.92 Å². The second kappa shape index (κ2) is 7.66. The fraction of sp³-hybridized carbons (Fsp3) is 0.550. The molecular formula is C20H26N4O3S. The van der Waals surface area contributed by atoms with Gasteiger partial charge in [-0.15, -0.1) is 0 Å². The molecule has 0 bridgehead atoms. The molecule has 0 unspecified atom stereocenters. The van der Waals surface area contributed by atoms with E-state index in [4.69, 9.17) is 0 Å². The molecule has 3 heterocycles. The Bertz CT molecular complexity index is 978. The van der Waals surface area contributed by atoms with Gasteiger partial charge in [0, 0.05) is 44.2 Å². The lowest BCUT2D eigenvalue weighted by molar-refractivity contribution is -0.131. The standard InChI is InChI=1S/C20H26N4O3S/c1-28(26,27)16-4-5-18-17(13-16)20(22-14-21-18)24-10-6-15(7-11-24)12-19(25)23-8-2-3-9-23/h4-5,13-15H,2-3,6-12H2,1H3. The van der Waals surface area contributed by atoms with Gasteiger partial charge in [0.25, 0.3) is 0 Å². The van der Waals surface area contributed by atoms with E-state index < -0.39 is 9.84 Å². The molecule has 150 valence electrons. The molecule has 7 nitrogen and oxygen atoms in total. The van der Waals surface area contributed by atoms with Crippen LogP contribution >= 0.6 is 0 Å². The molecule has 4 rings (SSSR count). The predicted molar refractivity (Wildman–Crippen MR) is 108 cm³/mol. The van der Waals surface area contributed by atoms with Gasteiger partial charge in [-0.25, -0.2) is 18.4 Å². The second-order valence-electron chi connectivity index (χ2n) is 7.87. The Morgan fingerprint density at radius 1 is 1.11 bits per heavy atom. The summed E-state index contributed by atoms with van der Waals surface area (Å²) in [5.41, 5.74) is 0.740. The number of hydrogen-bond donors (Lipinski definition) is 0. The van der Waals surface area contributed by atoms with Crippen molar-refractivity contribution in [3.63, 3.8) is 0 Å². The normalized spacial score (nSPS) is 18.8. The molecule has 0 radical (unpaired) electrons. The minimum absolute atomic E-state index is 0.280. The average molecular weight is 403 g/mol. The van der Waals surface area contributed by atoms with Gasteiger partial charge >= 0.3 is 0 Å². The zero-order chi connectivity index (χ0) is 19.7. The van der Waals surface area contributed by atoms with Gasteiger partial charge in [-0.2, -0.15) is 0 Å². The molecule has 2 fully saturated rings. The van der Waals surface area contributed by atoms with E-state index in [-0.39, 0.29) is 4.90 Å². The number of carbonyl (C=O) groups excluding carboxylic acids is 1. The molecule has 2 aliphatic heterocycles. The van der Waals surface area contributed by atoms with Crippen molar-refractivity contribution < 1.29 is 13.2 Å². The fourth-order valence-electron chi connectivity index (χ4n) is 4.20. The molecule has 0 saturated carbocycles. The molecule has 0 atom stereocenters. The lowest BCUT2D eigenvalue weighted by Crippen LogP contribution is -2.37. The molecule has 2 aliphatic rings. The Labute approximate surface area is 165 Å².